The number of carbonyl (C=O) groups excluding carboxylic acids is 2. The van der Waals surface area contributed by atoms with Crippen molar-refractivity contribution in [2.24, 2.45) is 5.41 Å². The number of carbonyl (C=O) groups is 2. The molecule has 0 spiro atoms. The third-order valence-corrected chi connectivity index (χ3v) is 5.43. The lowest BCUT2D eigenvalue weighted by Crippen LogP contribution is -2.51. The molecule has 0 saturated carbocycles. The van der Waals surface area contributed by atoms with Crippen molar-refractivity contribution in [2.75, 3.05) is 27.3 Å². The van der Waals surface area contributed by atoms with Crippen molar-refractivity contribution in [1.29, 1.82) is 0 Å². The number of ether oxygens (including phenoxy) is 2. The minimum absolute atomic E-state index is 0.0259. The lowest BCUT2D eigenvalue weighted by atomic mass is 9.80. The SMILES string of the molecule is COc1cc(OC)cc(C(=O)N2CCC[C@](C)(C(=O)NCc3ccccc3)C2)c1. The van der Waals surface area contributed by atoms with Crippen molar-refractivity contribution in [1.82, 2.24) is 10.2 Å². The van der Waals surface area contributed by atoms with E-state index in [4.69, 9.17) is 9.47 Å². The van der Waals surface area contributed by atoms with E-state index in [-0.39, 0.29) is 11.8 Å². The lowest BCUT2D eigenvalue weighted by molar-refractivity contribution is -0.132. The molecule has 1 saturated heterocycles. The van der Waals surface area contributed by atoms with Crippen LogP contribution in [-0.4, -0.2) is 44.0 Å². The van der Waals surface area contributed by atoms with Gasteiger partial charge in [0.1, 0.15) is 11.5 Å². The third-order valence-electron chi connectivity index (χ3n) is 5.43. The molecule has 1 fully saturated rings. The van der Waals surface area contributed by atoms with E-state index in [1.807, 2.05) is 37.3 Å². The van der Waals surface area contributed by atoms with Crippen LogP contribution in [0.5, 0.6) is 11.5 Å². The number of amides is 2. The topological polar surface area (TPSA) is 67.9 Å². The van der Waals surface area contributed by atoms with Crippen LogP contribution in [0.1, 0.15) is 35.7 Å². The van der Waals surface area contributed by atoms with Gasteiger partial charge in [-0.3, -0.25) is 9.59 Å². The van der Waals surface area contributed by atoms with Crippen molar-refractivity contribution < 1.29 is 19.1 Å². The van der Waals surface area contributed by atoms with Gasteiger partial charge in [0.2, 0.25) is 5.91 Å². The summed E-state index contributed by atoms with van der Waals surface area (Å²) < 4.78 is 10.5. The summed E-state index contributed by atoms with van der Waals surface area (Å²) in [6, 6.07) is 14.9. The standard InChI is InChI=1S/C23H28N2O4/c1-23(22(27)24-15-17-8-5-4-6-9-17)10-7-11-25(16-23)21(26)18-12-19(28-2)14-20(13-18)29-3/h4-6,8-9,12-14H,7,10-11,15-16H2,1-3H3,(H,24,27)/t23-/m0/s1. The summed E-state index contributed by atoms with van der Waals surface area (Å²) >= 11 is 0. The van der Waals surface area contributed by atoms with E-state index in [1.54, 1.807) is 37.3 Å². The number of nitrogens with one attached hydrogen (secondary N) is 1. The summed E-state index contributed by atoms with van der Waals surface area (Å²) in [7, 11) is 3.11. The van der Waals surface area contributed by atoms with Crippen LogP contribution in [0, 0.1) is 5.41 Å². The Hall–Kier alpha value is -3.02. The lowest BCUT2D eigenvalue weighted by Gasteiger charge is -2.39. The summed E-state index contributed by atoms with van der Waals surface area (Å²) in [6.07, 6.45) is 1.53. The van der Waals surface area contributed by atoms with Gasteiger partial charge >= 0.3 is 0 Å². The van der Waals surface area contributed by atoms with Gasteiger partial charge in [-0.1, -0.05) is 30.3 Å². The van der Waals surface area contributed by atoms with E-state index in [0.717, 1.165) is 18.4 Å². The highest BCUT2D eigenvalue weighted by Gasteiger charge is 2.39. The minimum Gasteiger partial charge on any atom is -0.497 e. The molecule has 1 aliphatic heterocycles. The molecule has 6 nitrogen and oxygen atoms in total. The predicted octanol–water partition coefficient (Wildman–Crippen LogP) is 3.26. The number of hydrogen-bond donors (Lipinski definition) is 1. The van der Waals surface area contributed by atoms with Crippen LogP contribution in [0.25, 0.3) is 0 Å². The van der Waals surface area contributed by atoms with Gasteiger partial charge in [0, 0.05) is 31.3 Å². The van der Waals surface area contributed by atoms with E-state index in [9.17, 15) is 9.59 Å². The maximum absolute atomic E-state index is 13.1. The van der Waals surface area contributed by atoms with Gasteiger partial charge in [0.15, 0.2) is 0 Å². The first-order valence-corrected chi connectivity index (χ1v) is 9.80. The van der Waals surface area contributed by atoms with E-state index in [2.05, 4.69) is 5.32 Å². The second kappa shape index (κ2) is 8.99. The zero-order chi connectivity index (χ0) is 20.9. The van der Waals surface area contributed by atoms with Crippen LogP contribution in [0.2, 0.25) is 0 Å². The number of benzene rings is 2. The summed E-state index contributed by atoms with van der Waals surface area (Å²) in [5.74, 6) is 0.979. The van der Waals surface area contributed by atoms with Crippen LogP contribution in [-0.2, 0) is 11.3 Å². The highest BCUT2D eigenvalue weighted by Crippen LogP contribution is 2.32. The molecule has 1 heterocycles. The summed E-state index contributed by atoms with van der Waals surface area (Å²) in [5, 5.41) is 3.03. The van der Waals surface area contributed by atoms with Crippen LogP contribution in [0.15, 0.2) is 48.5 Å². The molecule has 1 N–H and O–H groups in total. The molecule has 2 aromatic carbocycles. The molecule has 0 unspecified atom stereocenters. The zero-order valence-electron chi connectivity index (χ0n) is 17.2. The second-order valence-corrected chi connectivity index (χ2v) is 7.66. The predicted molar refractivity (Wildman–Crippen MR) is 111 cm³/mol. The summed E-state index contributed by atoms with van der Waals surface area (Å²) in [4.78, 5) is 27.8. The first-order chi connectivity index (χ1) is 13.9. The maximum Gasteiger partial charge on any atom is 0.254 e. The van der Waals surface area contributed by atoms with Gasteiger partial charge < -0.3 is 19.7 Å². The van der Waals surface area contributed by atoms with Gasteiger partial charge in [-0.25, -0.2) is 0 Å². The molecule has 0 aliphatic carbocycles. The molecular formula is C23H28N2O4. The quantitative estimate of drug-likeness (QED) is 0.814. The van der Waals surface area contributed by atoms with Gasteiger partial charge in [-0.2, -0.15) is 0 Å². The Labute approximate surface area is 171 Å². The van der Waals surface area contributed by atoms with Gasteiger partial charge in [-0.05, 0) is 37.5 Å². The fourth-order valence-electron chi connectivity index (χ4n) is 3.70. The Kier molecular flexibility index (Phi) is 6.42. The van der Waals surface area contributed by atoms with Crippen LogP contribution >= 0.6 is 0 Å². The number of likely N-dealkylation sites (tertiary alicyclic amines) is 1. The Morgan fingerprint density at radius 3 is 2.34 bits per heavy atom. The molecule has 2 amide bonds. The molecule has 29 heavy (non-hydrogen) atoms. The molecule has 1 atom stereocenters. The van der Waals surface area contributed by atoms with E-state index < -0.39 is 5.41 Å². The van der Waals surface area contributed by atoms with Gasteiger partial charge in [0.05, 0.1) is 19.6 Å². The number of nitrogens with zero attached hydrogens (tertiary/aromatic N) is 1. The van der Waals surface area contributed by atoms with E-state index in [1.165, 1.54) is 0 Å². The molecule has 0 bridgehead atoms. The normalized spacial score (nSPS) is 18.8. The Bertz CT molecular complexity index is 846. The van der Waals surface area contributed by atoms with Crippen molar-refractivity contribution in [3.8, 4) is 11.5 Å². The minimum atomic E-state index is -0.619. The zero-order valence-corrected chi connectivity index (χ0v) is 17.2. The van der Waals surface area contributed by atoms with Crippen LogP contribution < -0.4 is 14.8 Å². The third kappa shape index (κ3) is 4.88. The van der Waals surface area contributed by atoms with E-state index in [0.29, 0.717) is 36.7 Å². The summed E-state index contributed by atoms with van der Waals surface area (Å²) in [6.45, 7) is 3.42. The fraction of sp³-hybridized carbons (Fsp3) is 0.391. The molecule has 0 aromatic heterocycles. The molecule has 0 radical (unpaired) electrons. The van der Waals surface area contributed by atoms with Crippen molar-refractivity contribution >= 4 is 11.8 Å². The molecule has 2 aromatic rings. The van der Waals surface area contributed by atoms with Crippen molar-refractivity contribution in [3.05, 3.63) is 59.7 Å². The smallest absolute Gasteiger partial charge is 0.254 e. The first-order valence-electron chi connectivity index (χ1n) is 9.80. The average Bonchev–Trinajstić information content (AvgIpc) is 2.77. The number of hydrogen-bond acceptors (Lipinski definition) is 4. The number of rotatable bonds is 6. The van der Waals surface area contributed by atoms with Crippen LogP contribution in [0.4, 0.5) is 0 Å². The van der Waals surface area contributed by atoms with E-state index >= 15 is 0 Å². The molecular weight excluding hydrogens is 368 g/mol. The largest absolute Gasteiger partial charge is 0.497 e. The monoisotopic (exact) mass is 396 g/mol. The van der Waals surface area contributed by atoms with Crippen LogP contribution in [0.3, 0.4) is 0 Å². The Morgan fingerprint density at radius 1 is 1.07 bits per heavy atom. The molecule has 6 heteroatoms. The molecule has 154 valence electrons. The highest BCUT2D eigenvalue weighted by molar-refractivity contribution is 5.96. The highest BCUT2D eigenvalue weighted by atomic mass is 16.5. The summed E-state index contributed by atoms with van der Waals surface area (Å²) in [5.41, 5.74) is 0.929. The van der Waals surface area contributed by atoms with Gasteiger partial charge in [-0.15, -0.1) is 0 Å². The van der Waals surface area contributed by atoms with Crippen molar-refractivity contribution in [3.63, 3.8) is 0 Å². The molecule has 3 rings (SSSR count). The molecule has 1 aliphatic rings. The second-order valence-electron chi connectivity index (χ2n) is 7.66. The Morgan fingerprint density at radius 2 is 1.72 bits per heavy atom. The maximum atomic E-state index is 13.1. The van der Waals surface area contributed by atoms with Crippen molar-refractivity contribution in [2.45, 2.75) is 26.3 Å². The first kappa shape index (κ1) is 20.7. The fourth-order valence-corrected chi connectivity index (χ4v) is 3.70. The number of piperidine rings is 1. The number of methoxy groups -OCH3 is 2. The average molecular weight is 396 g/mol. The Balaban J connectivity index is 1.70. The van der Waals surface area contributed by atoms with Gasteiger partial charge in [0.25, 0.3) is 5.91 Å².